The zero-order valence-electron chi connectivity index (χ0n) is 20.7. The van der Waals surface area contributed by atoms with Crippen LogP contribution < -0.4 is 10.1 Å². The number of carbonyl (C=O) groups is 2. The maximum atomic E-state index is 13.1. The van der Waals surface area contributed by atoms with Crippen molar-refractivity contribution in [2.75, 3.05) is 19.9 Å². The summed E-state index contributed by atoms with van der Waals surface area (Å²) in [5.74, 6) is -0.724. The van der Waals surface area contributed by atoms with Crippen LogP contribution >= 0.6 is 39.0 Å². The van der Waals surface area contributed by atoms with E-state index in [1.807, 2.05) is 42.5 Å². The number of phenolic OH excluding ortho intramolecular Hbond substituents is 1. The normalized spacial score (nSPS) is 12.0. The first-order chi connectivity index (χ1) is 17.5. The third kappa shape index (κ3) is 8.45. The molecule has 1 atom stereocenters. The molecule has 37 heavy (non-hydrogen) atoms. The third-order valence-electron chi connectivity index (χ3n) is 5.21. The van der Waals surface area contributed by atoms with Gasteiger partial charge in [0.15, 0.2) is 5.75 Å². The second-order valence-corrected chi connectivity index (χ2v) is 14.0. The monoisotopic (exact) mass is 651 g/mol. The number of rotatable bonds is 10. The molecule has 196 valence electrons. The molecule has 0 radical (unpaired) electrons. The number of amides is 1. The summed E-state index contributed by atoms with van der Waals surface area (Å²) in [6.07, 6.45) is 0.676. The van der Waals surface area contributed by atoms with Gasteiger partial charge in [0, 0.05) is 12.6 Å². The highest BCUT2D eigenvalue weighted by atomic mass is 79.9. The zero-order chi connectivity index (χ0) is 27.2. The van der Waals surface area contributed by atoms with Crippen molar-refractivity contribution in [1.29, 1.82) is 0 Å². The molecule has 1 amide bonds. The van der Waals surface area contributed by atoms with Crippen molar-refractivity contribution >= 4 is 50.9 Å². The fourth-order valence-electron chi connectivity index (χ4n) is 3.64. The molecular formula is C27H28Br2NO6P. The van der Waals surface area contributed by atoms with Crippen molar-refractivity contribution < 1.29 is 28.7 Å². The molecule has 3 aromatic carbocycles. The van der Waals surface area contributed by atoms with E-state index in [0.29, 0.717) is 26.6 Å². The summed E-state index contributed by atoms with van der Waals surface area (Å²) >= 11 is 6.99. The number of aromatic hydroxyl groups is 1. The van der Waals surface area contributed by atoms with Crippen molar-refractivity contribution in [3.05, 3.63) is 86.3 Å². The number of esters is 1. The molecular weight excluding hydrogens is 625 g/mol. The van der Waals surface area contributed by atoms with Gasteiger partial charge in [-0.15, -0.1) is 0 Å². The van der Waals surface area contributed by atoms with Gasteiger partial charge in [-0.05, 0) is 93.6 Å². The van der Waals surface area contributed by atoms with Crippen LogP contribution in [0, 0.1) is 0 Å². The summed E-state index contributed by atoms with van der Waals surface area (Å²) in [7, 11) is -2.27. The van der Waals surface area contributed by atoms with Gasteiger partial charge < -0.3 is 24.5 Å². The quantitative estimate of drug-likeness (QED) is 0.186. The molecule has 0 aliphatic heterocycles. The molecule has 10 heteroatoms. The highest BCUT2D eigenvalue weighted by Crippen LogP contribution is 2.44. The Kier molecular flexibility index (Phi) is 9.99. The lowest BCUT2D eigenvalue weighted by Crippen LogP contribution is -2.43. The summed E-state index contributed by atoms with van der Waals surface area (Å²) < 4.78 is 24.6. The van der Waals surface area contributed by atoms with E-state index in [1.165, 1.54) is 18.2 Å². The van der Waals surface area contributed by atoms with Gasteiger partial charge in [-0.2, -0.15) is 0 Å². The minimum Gasteiger partial charge on any atom is -0.507 e. The first-order valence-corrected chi connectivity index (χ1v) is 15.9. The van der Waals surface area contributed by atoms with Crippen molar-refractivity contribution in [3.63, 3.8) is 0 Å². The van der Waals surface area contributed by atoms with Crippen LogP contribution in [0.3, 0.4) is 0 Å². The molecule has 3 rings (SSSR count). The zero-order valence-corrected chi connectivity index (χ0v) is 24.7. The molecule has 0 saturated carbocycles. The van der Waals surface area contributed by atoms with E-state index in [4.69, 9.17) is 9.47 Å². The second kappa shape index (κ2) is 12.8. The Morgan fingerprint density at radius 1 is 1.00 bits per heavy atom. The second-order valence-electron chi connectivity index (χ2n) is 8.87. The molecule has 0 bridgehead atoms. The molecule has 0 heterocycles. The fraction of sp³-hybridized carbons (Fsp3) is 0.259. The van der Waals surface area contributed by atoms with Crippen LogP contribution in [0.2, 0.25) is 0 Å². The van der Waals surface area contributed by atoms with Crippen molar-refractivity contribution in [2.45, 2.75) is 25.5 Å². The van der Waals surface area contributed by atoms with Gasteiger partial charge in [-0.3, -0.25) is 4.79 Å². The maximum absolute atomic E-state index is 13.1. The molecule has 2 N–H and O–H groups in total. The molecule has 0 fully saturated rings. The van der Waals surface area contributed by atoms with Gasteiger partial charge in [0.1, 0.15) is 17.5 Å². The van der Waals surface area contributed by atoms with Crippen LogP contribution in [-0.4, -0.2) is 43.0 Å². The van der Waals surface area contributed by atoms with Gasteiger partial charge in [-0.1, -0.05) is 30.3 Å². The van der Waals surface area contributed by atoms with E-state index in [-0.39, 0.29) is 24.3 Å². The Morgan fingerprint density at radius 2 is 1.65 bits per heavy atom. The molecule has 0 aromatic heterocycles. The molecule has 3 aromatic rings. The fourth-order valence-corrected chi connectivity index (χ4v) is 6.15. The van der Waals surface area contributed by atoms with Crippen LogP contribution in [0.25, 0.3) is 0 Å². The van der Waals surface area contributed by atoms with Gasteiger partial charge in [0.2, 0.25) is 0 Å². The number of carbonyl (C=O) groups excluding carboxylic acids is 2. The van der Waals surface area contributed by atoms with Gasteiger partial charge in [0.25, 0.3) is 5.91 Å². The number of halogens is 2. The Labute approximate surface area is 233 Å². The number of ether oxygens (including phenoxy) is 2. The van der Waals surface area contributed by atoms with E-state index in [1.54, 1.807) is 20.3 Å². The van der Waals surface area contributed by atoms with Crippen LogP contribution in [-0.2, 0) is 26.7 Å². The first-order valence-electron chi connectivity index (χ1n) is 11.5. The van der Waals surface area contributed by atoms with Crippen molar-refractivity contribution in [1.82, 2.24) is 5.32 Å². The Balaban J connectivity index is 1.83. The highest BCUT2D eigenvalue weighted by molar-refractivity contribution is 9.11. The van der Waals surface area contributed by atoms with Crippen LogP contribution in [0.1, 0.15) is 28.4 Å². The van der Waals surface area contributed by atoms with Gasteiger partial charge in [0.05, 0.1) is 28.3 Å². The van der Waals surface area contributed by atoms with Crippen molar-refractivity contribution in [2.24, 2.45) is 0 Å². The standard InChI is InChI=1S/C27H28Br2NO6P/c1-4-35-27(33)23(14-17-8-6-5-7-9-17)30-26(32)20-15-19(10-11-24(20)31)36-25-21(28)12-18(13-22(25)29)16-37(2,3)34/h5-13,15,23,31H,4,14,16H2,1-3H3,(H,30,32). The van der Waals surface area contributed by atoms with Crippen LogP contribution in [0.5, 0.6) is 17.2 Å². The van der Waals surface area contributed by atoms with E-state index in [9.17, 15) is 19.3 Å². The number of hydrogen-bond acceptors (Lipinski definition) is 6. The topological polar surface area (TPSA) is 102 Å². The number of benzene rings is 3. The van der Waals surface area contributed by atoms with E-state index < -0.39 is 25.1 Å². The van der Waals surface area contributed by atoms with Crippen LogP contribution in [0.15, 0.2) is 69.6 Å². The summed E-state index contributed by atoms with van der Waals surface area (Å²) in [5.41, 5.74) is 1.68. The molecule has 0 aliphatic rings. The summed E-state index contributed by atoms with van der Waals surface area (Å²) in [6.45, 7) is 5.33. The Morgan fingerprint density at radius 3 is 2.24 bits per heavy atom. The van der Waals surface area contributed by atoms with Crippen molar-refractivity contribution in [3.8, 4) is 17.2 Å². The van der Waals surface area contributed by atoms with E-state index in [2.05, 4.69) is 37.2 Å². The van der Waals surface area contributed by atoms with Crippen LogP contribution in [0.4, 0.5) is 0 Å². The lowest BCUT2D eigenvalue weighted by atomic mass is 10.1. The van der Waals surface area contributed by atoms with E-state index in [0.717, 1.165) is 11.1 Å². The lowest BCUT2D eigenvalue weighted by molar-refractivity contribution is -0.145. The lowest BCUT2D eigenvalue weighted by Gasteiger charge is -2.18. The Bertz CT molecular complexity index is 1300. The molecule has 0 aliphatic carbocycles. The number of hydrogen-bond donors (Lipinski definition) is 2. The molecule has 7 nitrogen and oxygen atoms in total. The summed E-state index contributed by atoms with van der Waals surface area (Å²) in [4.78, 5) is 25.7. The SMILES string of the molecule is CCOC(=O)C(Cc1ccccc1)NC(=O)c1cc(Oc2c(Br)cc(CP(C)(C)=O)cc2Br)ccc1O. The average Bonchev–Trinajstić information content (AvgIpc) is 2.81. The first kappa shape index (κ1) is 29.0. The number of phenols is 1. The number of nitrogens with one attached hydrogen (secondary N) is 1. The highest BCUT2D eigenvalue weighted by Gasteiger charge is 2.25. The maximum Gasteiger partial charge on any atom is 0.328 e. The molecule has 0 spiro atoms. The van der Waals surface area contributed by atoms with E-state index >= 15 is 0 Å². The smallest absolute Gasteiger partial charge is 0.328 e. The molecule has 0 saturated heterocycles. The predicted molar refractivity (Wildman–Crippen MR) is 151 cm³/mol. The molecule has 1 unspecified atom stereocenters. The Hall–Kier alpha value is -2.61. The predicted octanol–water partition coefficient (Wildman–Crippen LogP) is 6.74. The average molecular weight is 653 g/mol. The largest absolute Gasteiger partial charge is 0.507 e. The van der Waals surface area contributed by atoms with Gasteiger partial charge >= 0.3 is 5.97 Å². The summed E-state index contributed by atoms with van der Waals surface area (Å²) in [5, 5.41) is 13.1. The summed E-state index contributed by atoms with van der Waals surface area (Å²) in [6, 6.07) is 16.3. The minimum absolute atomic E-state index is 0.0540. The minimum atomic E-state index is -2.27. The third-order valence-corrected chi connectivity index (χ3v) is 7.52. The van der Waals surface area contributed by atoms with Gasteiger partial charge in [-0.25, -0.2) is 4.79 Å².